The van der Waals surface area contributed by atoms with Gasteiger partial charge in [0.1, 0.15) is 0 Å². The fourth-order valence-electron chi connectivity index (χ4n) is 10.7. The minimum absolute atomic E-state index is 0.0703. The van der Waals surface area contributed by atoms with Gasteiger partial charge in [0, 0.05) is 0 Å². The Morgan fingerprint density at radius 1 is 0.500 bits per heavy atom. The van der Waals surface area contributed by atoms with Gasteiger partial charge >= 0.3 is 329 Å². The van der Waals surface area contributed by atoms with Crippen LogP contribution in [0.2, 0.25) is 18.2 Å². The van der Waals surface area contributed by atoms with E-state index in [9.17, 15) is 0 Å². The summed E-state index contributed by atoms with van der Waals surface area (Å²) in [6.07, 6.45) is 11.6. The van der Waals surface area contributed by atoms with E-state index in [4.69, 9.17) is 0 Å². The molecule has 54 heavy (non-hydrogen) atoms. The average Bonchev–Trinajstić information content (AvgIpc) is 3.70. The molecule has 0 saturated carbocycles. The molecule has 0 nitrogen and oxygen atoms in total. The number of rotatable bonds is 6. The first-order valence-electron chi connectivity index (χ1n) is 20.9. The molecule has 0 N–H and O–H groups in total. The van der Waals surface area contributed by atoms with Gasteiger partial charge in [0.2, 0.25) is 0 Å². The van der Waals surface area contributed by atoms with Crippen molar-refractivity contribution in [2.24, 2.45) is 0 Å². The topological polar surface area (TPSA) is 0 Å². The van der Waals surface area contributed by atoms with Crippen molar-refractivity contribution in [2.45, 2.75) is 144 Å². The summed E-state index contributed by atoms with van der Waals surface area (Å²) in [6, 6.07) is 29.3. The van der Waals surface area contributed by atoms with Crippen LogP contribution in [0.5, 0.6) is 0 Å². The number of benzene rings is 4. The molecule has 0 aromatic heterocycles. The summed E-state index contributed by atoms with van der Waals surface area (Å²) in [4.78, 5) is 0. The van der Waals surface area contributed by atoms with Crippen LogP contribution in [0, 0.1) is 0 Å². The third-order valence-corrected chi connectivity index (χ3v) is 60.9. The van der Waals surface area contributed by atoms with E-state index in [1.54, 1.807) is 0 Å². The molecule has 0 saturated heterocycles. The fraction of sp³-hybridized carbons (Fsp3) is 0.462. The Balaban J connectivity index is 1.56. The van der Waals surface area contributed by atoms with E-state index in [-0.39, 0.29) is 21.7 Å². The molecule has 2 aliphatic rings. The van der Waals surface area contributed by atoms with E-state index in [0.717, 1.165) is 0 Å². The van der Waals surface area contributed by atoms with Crippen molar-refractivity contribution in [3.05, 3.63) is 129 Å². The normalized spacial score (nSPS) is 19.5. The molecular formula is C52H72HfSi. The molecule has 288 valence electrons. The fourth-order valence-corrected chi connectivity index (χ4v) is 52.3. The van der Waals surface area contributed by atoms with Crippen molar-refractivity contribution < 1.29 is 14.2 Å². The standard InChI is InChI=1S/2C23H27.C3H7.3CH3.Hf.H2Si/c2*1-22(2,3)18-13-17(14-19(15-18)23(4,5)6)21-12-8-10-16-9-7-11-20(16)21;1-3-2;;;;;/h2*7-15H,1-6H3;1,3H2,2H3;3*1H3;;1H2. The molecule has 0 fully saturated rings. The van der Waals surface area contributed by atoms with Crippen molar-refractivity contribution in [1.82, 2.24) is 0 Å². The van der Waals surface area contributed by atoms with E-state index >= 15 is 0 Å². The van der Waals surface area contributed by atoms with Crippen LogP contribution in [0.4, 0.5) is 0 Å². The van der Waals surface area contributed by atoms with Crippen molar-refractivity contribution >= 4 is 19.1 Å². The van der Waals surface area contributed by atoms with Gasteiger partial charge in [-0.25, -0.2) is 0 Å². The molecule has 2 aliphatic carbocycles. The second kappa shape index (κ2) is 11.8. The number of fused-ring (bicyclic) bond motifs is 2. The Kier molecular flexibility index (Phi) is 8.94. The van der Waals surface area contributed by atoms with Crippen molar-refractivity contribution in [1.29, 1.82) is 0 Å². The monoisotopic (exact) mass is 904 g/mol. The molecule has 4 aromatic carbocycles. The summed E-state index contributed by atoms with van der Waals surface area (Å²) in [7, 11) is 0. The van der Waals surface area contributed by atoms with Gasteiger partial charge < -0.3 is 0 Å². The Hall–Kier alpha value is -2.55. The van der Waals surface area contributed by atoms with Gasteiger partial charge in [0.25, 0.3) is 0 Å². The van der Waals surface area contributed by atoms with Gasteiger partial charge in [-0.2, -0.15) is 0 Å². The zero-order valence-electron chi connectivity index (χ0n) is 37.0. The zero-order chi connectivity index (χ0) is 40.2. The molecule has 2 heteroatoms. The molecule has 6 rings (SSSR count). The quantitative estimate of drug-likeness (QED) is 0.169. The van der Waals surface area contributed by atoms with Crippen LogP contribution in [0.1, 0.15) is 148 Å². The first-order chi connectivity index (χ1) is 24.4. The number of hydrogen-bond acceptors (Lipinski definition) is 0. The summed E-state index contributed by atoms with van der Waals surface area (Å²) < 4.78 is 10.6. The van der Waals surface area contributed by atoms with Gasteiger partial charge in [-0.1, -0.05) is 0 Å². The molecule has 2 unspecified atom stereocenters. The van der Waals surface area contributed by atoms with Gasteiger partial charge in [-0.15, -0.1) is 0 Å². The molecule has 4 aromatic rings. The predicted molar refractivity (Wildman–Crippen MR) is 243 cm³/mol. The van der Waals surface area contributed by atoms with Crippen LogP contribution in [-0.4, -0.2) is 6.94 Å². The molecule has 0 radical (unpaired) electrons. The first-order valence-corrected chi connectivity index (χ1v) is 46.7. The summed E-state index contributed by atoms with van der Waals surface area (Å²) >= 11 is -5.05. The zero-order valence-corrected chi connectivity index (χ0v) is 42.0. The van der Waals surface area contributed by atoms with Crippen LogP contribution < -0.4 is 0 Å². The maximum atomic E-state index is 2.84. The second-order valence-corrected chi connectivity index (χ2v) is 107. The Labute approximate surface area is 326 Å². The van der Waals surface area contributed by atoms with Crippen molar-refractivity contribution in [3.63, 3.8) is 0 Å². The summed E-state index contributed by atoms with van der Waals surface area (Å²) in [6.45, 7) is 33.1. The van der Waals surface area contributed by atoms with Gasteiger partial charge in [-0.05, 0) is 0 Å². The van der Waals surface area contributed by atoms with Crippen LogP contribution in [0.15, 0.2) is 84.9 Å². The van der Waals surface area contributed by atoms with Crippen molar-refractivity contribution in [2.75, 3.05) is 0 Å². The average molecular weight is 904 g/mol. The number of allylic oxidation sites excluding steroid dienone is 2. The third-order valence-electron chi connectivity index (χ3n) is 14.4. The van der Waals surface area contributed by atoms with Gasteiger partial charge in [0.05, 0.1) is 0 Å². The molecular weight excluding hydrogens is 831 g/mol. The Morgan fingerprint density at radius 3 is 1.09 bits per heavy atom. The molecule has 0 aliphatic heterocycles. The summed E-state index contributed by atoms with van der Waals surface area (Å²) in [5.74, 6) is 0. The molecule has 0 heterocycles. The molecule has 0 bridgehead atoms. The van der Waals surface area contributed by atoms with Crippen LogP contribution >= 0.6 is 0 Å². The van der Waals surface area contributed by atoms with E-state index < -0.39 is 14.2 Å². The second-order valence-electron chi connectivity index (χ2n) is 25.2. The summed E-state index contributed by atoms with van der Waals surface area (Å²) in [5, 5.41) is 0. The van der Waals surface area contributed by atoms with E-state index in [2.05, 4.69) is 208 Å². The first kappa shape index (κ1) is 41.1. The van der Waals surface area contributed by atoms with E-state index in [0.29, 0.717) is 7.35 Å². The Morgan fingerprint density at radius 2 is 0.815 bits per heavy atom. The van der Waals surface area contributed by atoms with E-state index in [1.807, 2.05) is 0 Å². The Bertz CT molecular complexity index is 2140. The van der Waals surface area contributed by atoms with E-state index in [1.165, 1.54) is 77.4 Å². The minimum atomic E-state index is -5.05. The molecule has 2 atom stereocenters. The van der Waals surface area contributed by atoms with Crippen LogP contribution in [0.25, 0.3) is 34.4 Å². The SMILES string of the molecule is CC[CH2][Hf]([CH3])([CH3])([CH3])(=[SiH2])([CH]1C=Cc2c(-c3cc(C(C)(C)C)cc(C(C)(C)C)c3)cccc21)[CH]1C=Cc2c(-c3cc(C(C)(C)C)cc(C(C)(C)C)c3)cccc21. The van der Waals surface area contributed by atoms with Gasteiger partial charge in [0.15, 0.2) is 0 Å². The van der Waals surface area contributed by atoms with Crippen LogP contribution in [-0.2, 0) is 35.8 Å². The van der Waals surface area contributed by atoms with Crippen molar-refractivity contribution in [3.8, 4) is 22.3 Å². The maximum absolute atomic E-state index is 5.05. The van der Waals surface area contributed by atoms with Crippen LogP contribution in [0.3, 0.4) is 0 Å². The molecule has 0 amide bonds. The molecule has 0 spiro atoms. The predicted octanol–water partition coefficient (Wildman–Crippen LogP) is 15.3. The third kappa shape index (κ3) is 6.82. The summed E-state index contributed by atoms with van der Waals surface area (Å²) in [5.41, 5.74) is 17.3. The number of hydrogen-bond donors (Lipinski definition) is 0. The van der Waals surface area contributed by atoms with Gasteiger partial charge in [-0.3, -0.25) is 0 Å².